The zero-order valence-corrected chi connectivity index (χ0v) is 18.1. The van der Waals surface area contributed by atoms with Crippen LogP contribution in [0.1, 0.15) is 52.7 Å². The van der Waals surface area contributed by atoms with Gasteiger partial charge in [0.05, 0.1) is 12.6 Å². The summed E-state index contributed by atoms with van der Waals surface area (Å²) >= 11 is 0. The van der Waals surface area contributed by atoms with Crippen molar-refractivity contribution in [1.29, 1.82) is 0 Å². The molecule has 0 bridgehead atoms. The standard InChI is InChI=1S/C20H35N3O2S/c1-8-21-19(22-11-12-26(24)20(5,6)7)23-14-17-10-9-16(4)13-18(17)25-15(2)3/h9-10,13,15H,8,11-12,14H2,1-7H3,(H2,21,22,23). The fourth-order valence-corrected chi connectivity index (χ4v) is 3.13. The van der Waals surface area contributed by atoms with Gasteiger partial charge in [0.1, 0.15) is 5.75 Å². The maximum Gasteiger partial charge on any atom is 0.191 e. The molecule has 0 amide bonds. The van der Waals surface area contributed by atoms with Crippen LogP contribution in [0, 0.1) is 6.92 Å². The zero-order valence-electron chi connectivity index (χ0n) is 17.3. The van der Waals surface area contributed by atoms with Gasteiger partial charge in [0.2, 0.25) is 0 Å². The molecule has 0 saturated heterocycles. The maximum atomic E-state index is 12.2. The van der Waals surface area contributed by atoms with E-state index in [0.29, 0.717) is 18.8 Å². The van der Waals surface area contributed by atoms with Crippen molar-refractivity contribution in [2.24, 2.45) is 4.99 Å². The molecule has 0 aliphatic carbocycles. The average Bonchev–Trinajstić information content (AvgIpc) is 2.52. The second-order valence-electron chi connectivity index (χ2n) is 7.56. The highest BCUT2D eigenvalue weighted by molar-refractivity contribution is 7.86. The Morgan fingerprint density at radius 1 is 1.27 bits per heavy atom. The predicted molar refractivity (Wildman–Crippen MR) is 113 cm³/mol. The van der Waals surface area contributed by atoms with Gasteiger partial charge in [0, 0.05) is 40.0 Å². The number of nitrogens with zero attached hydrogens (tertiary/aromatic N) is 1. The number of rotatable bonds is 8. The number of guanidine groups is 1. The molecule has 0 aliphatic rings. The smallest absolute Gasteiger partial charge is 0.191 e. The highest BCUT2D eigenvalue weighted by Crippen LogP contribution is 2.22. The zero-order chi connectivity index (χ0) is 19.7. The third-order valence-electron chi connectivity index (χ3n) is 3.60. The maximum absolute atomic E-state index is 12.2. The molecule has 1 unspecified atom stereocenters. The fraction of sp³-hybridized carbons (Fsp3) is 0.650. The second-order valence-corrected chi connectivity index (χ2v) is 9.89. The van der Waals surface area contributed by atoms with E-state index in [1.807, 2.05) is 41.5 Å². The van der Waals surface area contributed by atoms with E-state index in [0.717, 1.165) is 23.8 Å². The van der Waals surface area contributed by atoms with Gasteiger partial charge in [-0.3, -0.25) is 4.21 Å². The molecule has 0 aliphatic heterocycles. The Bertz CT molecular complexity index is 622. The molecule has 1 atom stereocenters. The van der Waals surface area contributed by atoms with Gasteiger partial charge in [-0.05, 0) is 60.1 Å². The summed E-state index contributed by atoms with van der Waals surface area (Å²) in [4.78, 5) is 4.66. The Balaban J connectivity index is 2.76. The molecule has 0 aromatic heterocycles. The normalized spacial score (nSPS) is 13.6. The molecule has 0 saturated carbocycles. The highest BCUT2D eigenvalue weighted by Gasteiger charge is 2.18. The SMILES string of the molecule is CCNC(=NCc1ccc(C)cc1OC(C)C)NCCS(=O)C(C)(C)C. The van der Waals surface area contributed by atoms with Gasteiger partial charge in [-0.1, -0.05) is 12.1 Å². The van der Waals surface area contributed by atoms with Crippen molar-refractivity contribution in [2.75, 3.05) is 18.8 Å². The van der Waals surface area contributed by atoms with Crippen molar-refractivity contribution in [3.63, 3.8) is 0 Å². The van der Waals surface area contributed by atoms with Crippen LogP contribution in [0.3, 0.4) is 0 Å². The van der Waals surface area contributed by atoms with Crippen molar-refractivity contribution >= 4 is 16.8 Å². The van der Waals surface area contributed by atoms with E-state index in [4.69, 9.17) is 4.74 Å². The van der Waals surface area contributed by atoms with Crippen LogP contribution in [0.5, 0.6) is 5.75 Å². The summed E-state index contributed by atoms with van der Waals surface area (Å²) in [6, 6.07) is 6.19. The first-order valence-corrected chi connectivity index (χ1v) is 10.6. The highest BCUT2D eigenvalue weighted by atomic mass is 32.2. The minimum absolute atomic E-state index is 0.123. The number of hydrogen-bond donors (Lipinski definition) is 2. The second kappa shape index (κ2) is 10.6. The molecule has 0 fully saturated rings. The topological polar surface area (TPSA) is 62.7 Å². The molecule has 1 aromatic carbocycles. The van der Waals surface area contributed by atoms with Crippen LogP contribution in [-0.2, 0) is 17.3 Å². The van der Waals surface area contributed by atoms with Gasteiger partial charge >= 0.3 is 0 Å². The van der Waals surface area contributed by atoms with Crippen LogP contribution in [-0.4, -0.2) is 39.9 Å². The first-order chi connectivity index (χ1) is 12.1. The number of aryl methyl sites for hydroxylation is 1. The van der Waals surface area contributed by atoms with Gasteiger partial charge in [0.25, 0.3) is 0 Å². The van der Waals surface area contributed by atoms with E-state index in [1.54, 1.807) is 0 Å². The first-order valence-electron chi connectivity index (χ1n) is 9.30. The Morgan fingerprint density at radius 3 is 2.54 bits per heavy atom. The Kier molecular flexibility index (Phi) is 9.13. The van der Waals surface area contributed by atoms with E-state index in [2.05, 4.69) is 40.7 Å². The number of benzene rings is 1. The molecule has 0 radical (unpaired) electrons. The molecule has 1 rings (SSSR count). The summed E-state index contributed by atoms with van der Waals surface area (Å²) < 4.78 is 17.9. The molecule has 148 valence electrons. The van der Waals surface area contributed by atoms with E-state index >= 15 is 0 Å². The van der Waals surface area contributed by atoms with Crippen molar-refractivity contribution < 1.29 is 8.95 Å². The summed E-state index contributed by atoms with van der Waals surface area (Å²) in [5.74, 6) is 2.21. The largest absolute Gasteiger partial charge is 0.491 e. The molecule has 0 spiro atoms. The van der Waals surface area contributed by atoms with E-state index in [-0.39, 0.29) is 10.9 Å². The number of hydrogen-bond acceptors (Lipinski definition) is 3. The van der Waals surface area contributed by atoms with E-state index in [1.165, 1.54) is 5.56 Å². The number of ether oxygens (including phenoxy) is 1. The number of nitrogens with one attached hydrogen (secondary N) is 2. The van der Waals surface area contributed by atoms with Crippen LogP contribution < -0.4 is 15.4 Å². The van der Waals surface area contributed by atoms with Crippen molar-refractivity contribution in [1.82, 2.24) is 10.6 Å². The molecule has 5 nitrogen and oxygen atoms in total. The summed E-state index contributed by atoms with van der Waals surface area (Å²) in [5.41, 5.74) is 2.22. The number of aliphatic imine (C=N–C) groups is 1. The summed E-state index contributed by atoms with van der Waals surface area (Å²) in [6.07, 6.45) is 0.123. The van der Waals surface area contributed by atoms with Crippen LogP contribution in [0.4, 0.5) is 0 Å². The Hall–Kier alpha value is -1.56. The molecule has 26 heavy (non-hydrogen) atoms. The van der Waals surface area contributed by atoms with E-state index in [9.17, 15) is 4.21 Å². The van der Waals surface area contributed by atoms with Crippen LogP contribution in [0.25, 0.3) is 0 Å². The van der Waals surface area contributed by atoms with Crippen LogP contribution >= 0.6 is 0 Å². The minimum atomic E-state index is -0.876. The molecule has 6 heteroatoms. The third-order valence-corrected chi connectivity index (χ3v) is 5.54. The Labute approximate surface area is 161 Å². The average molecular weight is 382 g/mol. The monoisotopic (exact) mass is 381 g/mol. The van der Waals surface area contributed by atoms with Crippen LogP contribution in [0.2, 0.25) is 0 Å². The molecular formula is C20H35N3O2S. The predicted octanol–water partition coefficient (Wildman–Crippen LogP) is 3.38. The molecule has 2 N–H and O–H groups in total. The molecule has 1 aromatic rings. The Morgan fingerprint density at radius 2 is 1.96 bits per heavy atom. The van der Waals surface area contributed by atoms with Gasteiger partial charge in [-0.2, -0.15) is 0 Å². The van der Waals surface area contributed by atoms with Crippen LogP contribution in [0.15, 0.2) is 23.2 Å². The minimum Gasteiger partial charge on any atom is -0.491 e. The van der Waals surface area contributed by atoms with Crippen molar-refractivity contribution in [3.8, 4) is 5.75 Å². The van der Waals surface area contributed by atoms with Gasteiger partial charge in [-0.15, -0.1) is 0 Å². The fourth-order valence-electron chi connectivity index (χ4n) is 2.23. The van der Waals surface area contributed by atoms with Crippen molar-refractivity contribution in [3.05, 3.63) is 29.3 Å². The lowest BCUT2D eigenvalue weighted by Gasteiger charge is -2.18. The van der Waals surface area contributed by atoms with Crippen molar-refractivity contribution in [2.45, 2.75) is 65.9 Å². The van der Waals surface area contributed by atoms with Gasteiger partial charge in [0.15, 0.2) is 5.96 Å². The quantitative estimate of drug-likeness (QED) is 0.535. The first kappa shape index (κ1) is 22.5. The summed E-state index contributed by atoms with van der Waals surface area (Å²) in [6.45, 7) is 16.1. The summed E-state index contributed by atoms with van der Waals surface area (Å²) in [7, 11) is -0.876. The third kappa shape index (κ3) is 8.21. The lowest BCUT2D eigenvalue weighted by molar-refractivity contribution is 0.240. The summed E-state index contributed by atoms with van der Waals surface area (Å²) in [5, 5.41) is 6.51. The van der Waals surface area contributed by atoms with E-state index < -0.39 is 10.8 Å². The lowest BCUT2D eigenvalue weighted by Crippen LogP contribution is -2.40. The molecular weight excluding hydrogens is 346 g/mol. The van der Waals surface area contributed by atoms with Gasteiger partial charge < -0.3 is 15.4 Å². The lowest BCUT2D eigenvalue weighted by atomic mass is 10.1. The van der Waals surface area contributed by atoms with Gasteiger partial charge in [-0.25, -0.2) is 4.99 Å². The molecule has 0 heterocycles.